The van der Waals surface area contributed by atoms with Crippen LogP contribution in [0.1, 0.15) is 29.5 Å². The average Bonchev–Trinajstić information content (AvgIpc) is 3.43. The fraction of sp³-hybridized carbons (Fsp3) is 0.240. The lowest BCUT2D eigenvalue weighted by atomic mass is 10.0. The van der Waals surface area contributed by atoms with Gasteiger partial charge in [-0.05, 0) is 48.9 Å². The maximum atomic E-state index is 13.9. The Morgan fingerprint density at radius 2 is 2.00 bits per heavy atom. The second kappa shape index (κ2) is 8.08. The number of carbonyl (C=O) groups excluding carboxylic acids is 2. The molecule has 2 aliphatic heterocycles. The van der Waals surface area contributed by atoms with Gasteiger partial charge < -0.3 is 25.4 Å². The number of urea groups is 1. The van der Waals surface area contributed by atoms with Crippen molar-refractivity contribution < 1.29 is 36.6 Å². The van der Waals surface area contributed by atoms with E-state index >= 15 is 0 Å². The van der Waals surface area contributed by atoms with Crippen molar-refractivity contribution in [3.8, 4) is 17.2 Å². The Morgan fingerprint density at radius 3 is 2.78 bits per heavy atom. The molecule has 1 saturated carbocycles. The summed E-state index contributed by atoms with van der Waals surface area (Å²) in [6, 6.07) is 8.34. The van der Waals surface area contributed by atoms with E-state index in [-0.39, 0.29) is 17.7 Å². The van der Waals surface area contributed by atoms with Gasteiger partial charge in [-0.25, -0.2) is 14.2 Å². The molecule has 3 amide bonds. The first-order valence-electron chi connectivity index (χ1n) is 11.3. The number of nitrogens with zero attached hydrogens (tertiary/aromatic N) is 1. The Kier molecular flexibility index (Phi) is 5.04. The highest BCUT2D eigenvalue weighted by Gasteiger charge is 2.64. The van der Waals surface area contributed by atoms with Crippen LogP contribution in [0.2, 0.25) is 0 Å². The minimum absolute atomic E-state index is 0.114. The molecule has 8 nitrogen and oxygen atoms in total. The van der Waals surface area contributed by atoms with Crippen LogP contribution >= 0.6 is 0 Å². The highest BCUT2D eigenvalue weighted by molar-refractivity contribution is 5.93. The summed E-state index contributed by atoms with van der Waals surface area (Å²) in [7, 11) is 0. The van der Waals surface area contributed by atoms with E-state index in [1.807, 2.05) is 0 Å². The molecule has 37 heavy (non-hydrogen) atoms. The molecule has 1 aliphatic carbocycles. The topological polar surface area (TPSA) is 102 Å². The fourth-order valence-electron chi connectivity index (χ4n) is 4.70. The molecule has 0 bridgehead atoms. The molecular weight excluding hydrogens is 496 g/mol. The maximum Gasteiger partial charge on any atom is 0.419 e. The van der Waals surface area contributed by atoms with Gasteiger partial charge in [0.05, 0.1) is 5.56 Å². The van der Waals surface area contributed by atoms with E-state index in [1.54, 1.807) is 24.3 Å². The molecule has 190 valence electrons. The minimum Gasteiger partial charge on any atom is -0.487 e. The second-order valence-electron chi connectivity index (χ2n) is 9.00. The van der Waals surface area contributed by atoms with Crippen molar-refractivity contribution in [1.29, 1.82) is 0 Å². The molecule has 12 heteroatoms. The first-order valence-corrected chi connectivity index (χ1v) is 11.3. The molecule has 0 radical (unpaired) electrons. The molecule has 0 saturated heterocycles. The molecule has 2 aromatic carbocycles. The molecular formula is C25H18F4N4O4. The van der Waals surface area contributed by atoms with Gasteiger partial charge >= 0.3 is 12.2 Å². The Morgan fingerprint density at radius 1 is 1.16 bits per heavy atom. The Labute approximate surface area is 207 Å². The van der Waals surface area contributed by atoms with Crippen molar-refractivity contribution in [2.45, 2.75) is 37.1 Å². The number of hydrogen-bond acceptors (Lipinski definition) is 5. The van der Waals surface area contributed by atoms with E-state index in [0.717, 1.165) is 11.6 Å². The van der Waals surface area contributed by atoms with E-state index < -0.39 is 29.1 Å². The molecule has 3 aliphatic rings. The molecule has 3 aromatic rings. The van der Waals surface area contributed by atoms with Gasteiger partial charge in [0.1, 0.15) is 40.5 Å². The SMILES string of the molecule is O=C1CCc2c(Oc3ccc4c(c3)C3(NC(=O)Nc5ccc(C(F)(F)F)c(F)c5)C[C@@H]3O4)ccnc2N1. The van der Waals surface area contributed by atoms with Crippen molar-refractivity contribution >= 4 is 23.4 Å². The lowest BCUT2D eigenvalue weighted by Gasteiger charge is -2.20. The number of aromatic nitrogens is 1. The van der Waals surface area contributed by atoms with Gasteiger partial charge in [-0.15, -0.1) is 0 Å². The molecule has 3 heterocycles. The van der Waals surface area contributed by atoms with E-state index in [2.05, 4.69) is 20.9 Å². The Bertz CT molecular complexity index is 1460. The van der Waals surface area contributed by atoms with Crippen LogP contribution in [0.15, 0.2) is 48.7 Å². The Hall–Kier alpha value is -4.35. The number of nitrogens with one attached hydrogen (secondary N) is 3. The minimum atomic E-state index is -4.83. The number of ether oxygens (including phenoxy) is 2. The highest BCUT2D eigenvalue weighted by Crippen LogP contribution is 2.58. The van der Waals surface area contributed by atoms with Crippen molar-refractivity contribution in [2.75, 3.05) is 10.6 Å². The highest BCUT2D eigenvalue weighted by atomic mass is 19.4. The summed E-state index contributed by atoms with van der Waals surface area (Å²) < 4.78 is 64.2. The lowest BCUT2D eigenvalue weighted by molar-refractivity contribution is -0.140. The molecule has 2 atom stereocenters. The number of rotatable bonds is 4. The van der Waals surface area contributed by atoms with Gasteiger partial charge in [0, 0.05) is 35.9 Å². The molecule has 1 unspecified atom stereocenters. The summed E-state index contributed by atoms with van der Waals surface area (Å²) in [5.74, 6) is 0.439. The predicted octanol–water partition coefficient (Wildman–Crippen LogP) is 5.10. The van der Waals surface area contributed by atoms with Crippen LogP contribution in [0.4, 0.5) is 33.9 Å². The van der Waals surface area contributed by atoms with Crippen LogP contribution in [0, 0.1) is 5.82 Å². The number of benzene rings is 2. The molecule has 1 fully saturated rings. The predicted molar refractivity (Wildman–Crippen MR) is 122 cm³/mol. The smallest absolute Gasteiger partial charge is 0.419 e. The summed E-state index contributed by atoms with van der Waals surface area (Å²) in [4.78, 5) is 28.5. The zero-order valence-electron chi connectivity index (χ0n) is 18.9. The van der Waals surface area contributed by atoms with Crippen molar-refractivity contribution in [1.82, 2.24) is 10.3 Å². The van der Waals surface area contributed by atoms with Gasteiger partial charge in [-0.3, -0.25) is 4.79 Å². The van der Waals surface area contributed by atoms with Crippen molar-refractivity contribution in [3.63, 3.8) is 0 Å². The summed E-state index contributed by atoms with van der Waals surface area (Å²) in [5, 5.41) is 7.91. The first-order chi connectivity index (χ1) is 17.6. The van der Waals surface area contributed by atoms with Gasteiger partial charge in [-0.1, -0.05) is 0 Å². The molecule has 3 N–H and O–H groups in total. The number of alkyl halides is 3. The summed E-state index contributed by atoms with van der Waals surface area (Å²) in [5.41, 5.74) is -0.932. The van der Waals surface area contributed by atoms with Gasteiger partial charge in [0.15, 0.2) is 0 Å². The summed E-state index contributed by atoms with van der Waals surface area (Å²) in [6.07, 6.45) is -2.34. The number of amides is 3. The average molecular weight is 514 g/mol. The largest absolute Gasteiger partial charge is 0.487 e. The normalized spacial score (nSPS) is 21.1. The number of hydrogen-bond donors (Lipinski definition) is 3. The van der Waals surface area contributed by atoms with Gasteiger partial charge in [-0.2, -0.15) is 13.2 Å². The number of fused-ring (bicyclic) bond motifs is 4. The van der Waals surface area contributed by atoms with Gasteiger partial charge in [0.25, 0.3) is 0 Å². The Balaban J connectivity index is 1.20. The third kappa shape index (κ3) is 4.07. The quantitative estimate of drug-likeness (QED) is 0.421. The van der Waals surface area contributed by atoms with E-state index in [1.165, 1.54) is 6.20 Å². The fourth-order valence-corrected chi connectivity index (χ4v) is 4.70. The van der Waals surface area contributed by atoms with Crippen molar-refractivity contribution in [3.05, 3.63) is 71.2 Å². The van der Waals surface area contributed by atoms with Crippen molar-refractivity contribution in [2.24, 2.45) is 0 Å². The standard InChI is InChI=1S/C25H18F4N4O4/c26-17-9-12(1-4-15(17)25(27,28)29)31-23(35)33-24-11-20(24)37-19-5-2-13(10-16(19)24)36-18-7-8-30-22-14(18)3-6-21(34)32-22/h1-2,4-5,7-10,20H,3,6,11H2,(H,30,32,34)(H2,31,33,35)/t20-,24?/m0/s1. The van der Waals surface area contributed by atoms with E-state index in [4.69, 9.17) is 9.47 Å². The van der Waals surface area contributed by atoms with Crippen LogP contribution < -0.4 is 25.4 Å². The first kappa shape index (κ1) is 23.1. The lowest BCUT2D eigenvalue weighted by Crippen LogP contribution is -2.39. The summed E-state index contributed by atoms with van der Waals surface area (Å²) >= 11 is 0. The third-order valence-electron chi connectivity index (χ3n) is 6.57. The molecule has 1 aromatic heterocycles. The van der Waals surface area contributed by atoms with Crippen LogP contribution in [0.5, 0.6) is 17.2 Å². The number of halogens is 4. The third-order valence-corrected chi connectivity index (χ3v) is 6.57. The summed E-state index contributed by atoms with van der Waals surface area (Å²) in [6.45, 7) is 0. The van der Waals surface area contributed by atoms with Crippen LogP contribution in [-0.2, 0) is 22.9 Å². The van der Waals surface area contributed by atoms with Crippen LogP contribution in [-0.4, -0.2) is 23.0 Å². The number of anilines is 2. The second-order valence-corrected chi connectivity index (χ2v) is 9.00. The van der Waals surface area contributed by atoms with E-state index in [0.29, 0.717) is 60.0 Å². The number of pyridine rings is 1. The van der Waals surface area contributed by atoms with E-state index in [9.17, 15) is 27.2 Å². The van der Waals surface area contributed by atoms with Crippen LogP contribution in [0.3, 0.4) is 0 Å². The van der Waals surface area contributed by atoms with Gasteiger partial charge in [0.2, 0.25) is 5.91 Å². The molecule has 6 rings (SSSR count). The monoisotopic (exact) mass is 514 g/mol. The zero-order chi connectivity index (χ0) is 25.9. The maximum absolute atomic E-state index is 13.9. The van der Waals surface area contributed by atoms with Crippen LogP contribution in [0.25, 0.3) is 0 Å². The molecule has 0 spiro atoms. The zero-order valence-corrected chi connectivity index (χ0v) is 18.9. The number of carbonyl (C=O) groups is 2.